The first kappa shape index (κ1) is 13.4. The predicted molar refractivity (Wildman–Crippen MR) is 72.2 cm³/mol. The zero-order valence-corrected chi connectivity index (χ0v) is 11.0. The van der Waals surface area contributed by atoms with Crippen LogP contribution < -0.4 is 16.2 Å². The van der Waals surface area contributed by atoms with E-state index in [9.17, 15) is 4.79 Å². The lowest BCUT2D eigenvalue weighted by atomic mass is 10.1. The van der Waals surface area contributed by atoms with Crippen molar-refractivity contribution in [1.29, 1.82) is 0 Å². The van der Waals surface area contributed by atoms with E-state index in [1.807, 2.05) is 24.3 Å². The molecule has 1 aromatic heterocycles. The minimum Gasteiger partial charge on any atom is -0.492 e. The quantitative estimate of drug-likeness (QED) is 0.804. The minimum atomic E-state index is -0.137. The van der Waals surface area contributed by atoms with Crippen LogP contribution in [-0.4, -0.2) is 27.5 Å². The van der Waals surface area contributed by atoms with Gasteiger partial charge in [-0.3, -0.25) is 4.57 Å². The predicted octanol–water partition coefficient (Wildman–Crippen LogP) is 0.162. The number of rotatable bonds is 6. The molecule has 0 radical (unpaired) electrons. The third-order valence-corrected chi connectivity index (χ3v) is 2.81. The summed E-state index contributed by atoms with van der Waals surface area (Å²) in [6, 6.07) is 7.81. The van der Waals surface area contributed by atoms with Crippen molar-refractivity contribution in [2.75, 3.05) is 13.2 Å². The fraction of sp³-hybridized carbons (Fsp3) is 0.385. The summed E-state index contributed by atoms with van der Waals surface area (Å²) in [5, 5.41) is 3.96. The molecule has 0 aliphatic heterocycles. The van der Waals surface area contributed by atoms with Crippen molar-refractivity contribution in [1.82, 2.24) is 14.3 Å². The van der Waals surface area contributed by atoms with Gasteiger partial charge in [0.25, 0.3) is 0 Å². The molecule has 0 aliphatic rings. The SMILES string of the molecule is Cn1cnn(CCOc2ccc(CCN)cc2)c1=O. The van der Waals surface area contributed by atoms with Gasteiger partial charge in [-0.25, -0.2) is 9.48 Å². The van der Waals surface area contributed by atoms with E-state index < -0.39 is 0 Å². The molecule has 6 nitrogen and oxygen atoms in total. The number of hydrogen-bond donors (Lipinski definition) is 1. The smallest absolute Gasteiger partial charge is 0.345 e. The molecule has 0 saturated heterocycles. The highest BCUT2D eigenvalue weighted by molar-refractivity contribution is 5.27. The topological polar surface area (TPSA) is 75.1 Å². The van der Waals surface area contributed by atoms with Crippen molar-refractivity contribution in [3.05, 3.63) is 46.6 Å². The standard InChI is InChI=1S/C13H18N4O2/c1-16-10-15-17(13(16)18)8-9-19-12-4-2-11(3-5-12)6-7-14/h2-5,10H,6-9,14H2,1H3. The maximum atomic E-state index is 11.5. The average Bonchev–Trinajstić information content (AvgIpc) is 2.73. The zero-order valence-electron chi connectivity index (χ0n) is 11.0. The first-order valence-electron chi connectivity index (χ1n) is 6.21. The summed E-state index contributed by atoms with van der Waals surface area (Å²) in [7, 11) is 1.67. The minimum absolute atomic E-state index is 0.137. The Morgan fingerprint density at radius 2 is 2.05 bits per heavy atom. The van der Waals surface area contributed by atoms with E-state index in [4.69, 9.17) is 10.5 Å². The molecule has 2 aromatic rings. The van der Waals surface area contributed by atoms with Gasteiger partial charge in [-0.1, -0.05) is 12.1 Å². The number of nitrogens with two attached hydrogens (primary N) is 1. The van der Waals surface area contributed by atoms with Crippen LogP contribution in [0.3, 0.4) is 0 Å². The highest BCUT2D eigenvalue weighted by Gasteiger charge is 2.01. The molecule has 0 fully saturated rings. The third kappa shape index (κ3) is 3.45. The van der Waals surface area contributed by atoms with Crippen molar-refractivity contribution >= 4 is 0 Å². The molecule has 1 heterocycles. The van der Waals surface area contributed by atoms with E-state index >= 15 is 0 Å². The van der Waals surface area contributed by atoms with Crippen LogP contribution in [0.4, 0.5) is 0 Å². The molecule has 0 bridgehead atoms. The zero-order chi connectivity index (χ0) is 13.7. The lowest BCUT2D eigenvalue weighted by Crippen LogP contribution is -2.25. The maximum Gasteiger partial charge on any atom is 0.345 e. The van der Waals surface area contributed by atoms with Crippen LogP contribution in [0.2, 0.25) is 0 Å². The summed E-state index contributed by atoms with van der Waals surface area (Å²) >= 11 is 0. The first-order valence-corrected chi connectivity index (χ1v) is 6.21. The van der Waals surface area contributed by atoms with E-state index in [2.05, 4.69) is 5.10 Å². The molecule has 0 spiro atoms. The normalized spacial score (nSPS) is 10.6. The fourth-order valence-corrected chi connectivity index (χ4v) is 1.74. The molecule has 0 atom stereocenters. The summed E-state index contributed by atoms with van der Waals surface area (Å²) in [5.41, 5.74) is 6.54. The van der Waals surface area contributed by atoms with Crippen molar-refractivity contribution in [2.24, 2.45) is 12.8 Å². The van der Waals surface area contributed by atoms with Crippen molar-refractivity contribution in [2.45, 2.75) is 13.0 Å². The summed E-state index contributed by atoms with van der Waals surface area (Å²) in [4.78, 5) is 11.5. The van der Waals surface area contributed by atoms with Crippen molar-refractivity contribution in [3.63, 3.8) is 0 Å². The van der Waals surface area contributed by atoms with E-state index in [-0.39, 0.29) is 5.69 Å². The number of benzene rings is 1. The van der Waals surface area contributed by atoms with Crippen LogP contribution in [0, 0.1) is 0 Å². The third-order valence-electron chi connectivity index (χ3n) is 2.81. The largest absolute Gasteiger partial charge is 0.492 e. The highest BCUT2D eigenvalue weighted by atomic mass is 16.5. The van der Waals surface area contributed by atoms with Crippen molar-refractivity contribution in [3.8, 4) is 5.75 Å². The van der Waals surface area contributed by atoms with Crippen LogP contribution in [0.1, 0.15) is 5.56 Å². The van der Waals surface area contributed by atoms with Crippen LogP contribution >= 0.6 is 0 Å². The lowest BCUT2D eigenvalue weighted by Gasteiger charge is -2.06. The molecule has 19 heavy (non-hydrogen) atoms. The summed E-state index contributed by atoms with van der Waals surface area (Å²) < 4.78 is 8.38. The monoisotopic (exact) mass is 262 g/mol. The van der Waals surface area contributed by atoms with Crippen LogP contribution in [0.15, 0.2) is 35.4 Å². The lowest BCUT2D eigenvalue weighted by molar-refractivity contribution is 0.288. The van der Waals surface area contributed by atoms with E-state index in [1.54, 1.807) is 7.05 Å². The van der Waals surface area contributed by atoms with Gasteiger partial charge in [0.1, 0.15) is 18.7 Å². The van der Waals surface area contributed by atoms with Gasteiger partial charge in [-0.05, 0) is 30.7 Å². The van der Waals surface area contributed by atoms with Gasteiger partial charge in [0, 0.05) is 7.05 Å². The molecular weight excluding hydrogens is 244 g/mol. The molecule has 2 rings (SSSR count). The van der Waals surface area contributed by atoms with Gasteiger partial charge < -0.3 is 10.5 Å². The number of nitrogens with zero attached hydrogens (tertiary/aromatic N) is 3. The Bertz CT molecular complexity index is 571. The molecular formula is C13H18N4O2. The molecule has 0 unspecified atom stereocenters. The van der Waals surface area contributed by atoms with Crippen molar-refractivity contribution < 1.29 is 4.74 Å². The second-order valence-electron chi connectivity index (χ2n) is 4.28. The molecule has 0 amide bonds. The Morgan fingerprint density at radius 3 is 2.63 bits per heavy atom. The van der Waals surface area contributed by atoms with Gasteiger partial charge in [0.2, 0.25) is 0 Å². The molecule has 6 heteroatoms. The van der Waals surface area contributed by atoms with Crippen LogP contribution in [-0.2, 0) is 20.0 Å². The Hall–Kier alpha value is -2.08. The van der Waals surface area contributed by atoms with Gasteiger partial charge in [0.05, 0.1) is 6.54 Å². The first-order chi connectivity index (χ1) is 9.20. The second kappa shape index (κ2) is 6.19. The van der Waals surface area contributed by atoms with Gasteiger partial charge in [0.15, 0.2) is 0 Å². The molecule has 0 saturated carbocycles. The summed E-state index contributed by atoms with van der Waals surface area (Å²) in [6.07, 6.45) is 2.35. The van der Waals surface area contributed by atoms with Gasteiger partial charge >= 0.3 is 5.69 Å². The van der Waals surface area contributed by atoms with E-state index in [0.29, 0.717) is 19.7 Å². The van der Waals surface area contributed by atoms with Crippen LogP contribution in [0.25, 0.3) is 0 Å². The maximum absolute atomic E-state index is 11.5. The van der Waals surface area contributed by atoms with Crippen LogP contribution in [0.5, 0.6) is 5.75 Å². The Balaban J connectivity index is 1.85. The molecule has 2 N–H and O–H groups in total. The Morgan fingerprint density at radius 1 is 1.32 bits per heavy atom. The van der Waals surface area contributed by atoms with Gasteiger partial charge in [-0.15, -0.1) is 0 Å². The Kier molecular flexibility index (Phi) is 4.35. The van der Waals surface area contributed by atoms with E-state index in [1.165, 1.54) is 21.1 Å². The summed E-state index contributed by atoms with van der Waals surface area (Å²) in [6.45, 7) is 1.49. The highest BCUT2D eigenvalue weighted by Crippen LogP contribution is 2.12. The Labute approximate surface area is 111 Å². The van der Waals surface area contributed by atoms with Gasteiger partial charge in [-0.2, -0.15) is 5.10 Å². The summed E-state index contributed by atoms with van der Waals surface area (Å²) in [5.74, 6) is 0.782. The molecule has 0 aliphatic carbocycles. The average molecular weight is 262 g/mol. The number of hydrogen-bond acceptors (Lipinski definition) is 4. The fourth-order valence-electron chi connectivity index (χ4n) is 1.74. The molecule has 102 valence electrons. The number of aryl methyl sites for hydroxylation is 1. The second-order valence-corrected chi connectivity index (χ2v) is 4.28. The molecule has 1 aromatic carbocycles. The number of ether oxygens (including phenoxy) is 1. The van der Waals surface area contributed by atoms with E-state index in [0.717, 1.165) is 12.2 Å². The number of aromatic nitrogens is 3.